The van der Waals surface area contributed by atoms with Crippen molar-refractivity contribution >= 4 is 0 Å². The van der Waals surface area contributed by atoms with Crippen LogP contribution in [0.25, 0.3) is 0 Å². The third-order valence-corrected chi connectivity index (χ3v) is 1.58. The zero-order valence-corrected chi connectivity index (χ0v) is 6.74. The molecule has 1 aromatic rings. The number of hydrogen-bond donors (Lipinski definition) is 1. The first-order valence-corrected chi connectivity index (χ1v) is 3.56. The molecule has 11 heavy (non-hydrogen) atoms. The van der Waals surface area contributed by atoms with Gasteiger partial charge in [0, 0.05) is 0 Å². The maximum Gasteiger partial charge on any atom is 0.119 e. The second kappa shape index (κ2) is 3.39. The molecule has 60 valence electrons. The molecular formula is C9H12O2. The van der Waals surface area contributed by atoms with E-state index in [-0.39, 0.29) is 0 Å². The highest BCUT2D eigenvalue weighted by atomic mass is 16.5. The number of ether oxygens (including phenoxy) is 1. The molecule has 1 atom stereocenters. The van der Waals surface area contributed by atoms with Crippen molar-refractivity contribution in [3.8, 4) is 5.75 Å². The summed E-state index contributed by atoms with van der Waals surface area (Å²) < 4.78 is 4.99. The zero-order chi connectivity index (χ0) is 8.27. The molecule has 0 saturated heterocycles. The van der Waals surface area contributed by atoms with Crippen LogP contribution in [0.4, 0.5) is 0 Å². The number of benzene rings is 1. The molecule has 0 radical (unpaired) electrons. The van der Waals surface area contributed by atoms with E-state index in [1.165, 1.54) is 0 Å². The van der Waals surface area contributed by atoms with Gasteiger partial charge in [0.15, 0.2) is 0 Å². The van der Waals surface area contributed by atoms with Crippen LogP contribution in [0.1, 0.15) is 18.6 Å². The number of aliphatic hydroxyl groups excluding tert-OH is 1. The van der Waals surface area contributed by atoms with Crippen LogP contribution in [-0.2, 0) is 0 Å². The summed E-state index contributed by atoms with van der Waals surface area (Å²) in [6.45, 7) is 1.73. The first kappa shape index (κ1) is 8.08. The van der Waals surface area contributed by atoms with E-state index in [0.29, 0.717) is 0 Å². The van der Waals surface area contributed by atoms with Gasteiger partial charge in [0.05, 0.1) is 13.2 Å². The van der Waals surface area contributed by atoms with Crippen LogP contribution in [-0.4, -0.2) is 12.2 Å². The highest BCUT2D eigenvalue weighted by Crippen LogP contribution is 2.17. The molecule has 0 aromatic heterocycles. The number of aliphatic hydroxyl groups is 1. The van der Waals surface area contributed by atoms with Crippen molar-refractivity contribution in [1.82, 2.24) is 0 Å². The monoisotopic (exact) mass is 152 g/mol. The van der Waals surface area contributed by atoms with Crippen LogP contribution < -0.4 is 4.74 Å². The van der Waals surface area contributed by atoms with Crippen LogP contribution in [0, 0.1) is 0 Å². The third kappa shape index (κ3) is 1.95. The predicted octanol–water partition coefficient (Wildman–Crippen LogP) is 1.75. The van der Waals surface area contributed by atoms with Crippen molar-refractivity contribution in [3.05, 3.63) is 29.8 Å². The summed E-state index contributed by atoms with van der Waals surface area (Å²) in [5.41, 5.74) is 0.879. The van der Waals surface area contributed by atoms with E-state index in [2.05, 4.69) is 0 Å². The molecule has 0 spiro atoms. The lowest BCUT2D eigenvalue weighted by Gasteiger charge is -2.05. The minimum atomic E-state index is -0.426. The van der Waals surface area contributed by atoms with Gasteiger partial charge in [-0.15, -0.1) is 0 Å². The van der Waals surface area contributed by atoms with E-state index in [1.807, 2.05) is 24.3 Å². The fourth-order valence-corrected chi connectivity index (χ4v) is 0.901. The van der Waals surface area contributed by atoms with Crippen LogP contribution >= 0.6 is 0 Å². The number of hydrogen-bond acceptors (Lipinski definition) is 2. The van der Waals surface area contributed by atoms with Gasteiger partial charge in [-0.3, -0.25) is 0 Å². The smallest absolute Gasteiger partial charge is 0.119 e. The van der Waals surface area contributed by atoms with E-state index in [1.54, 1.807) is 14.0 Å². The van der Waals surface area contributed by atoms with Gasteiger partial charge >= 0.3 is 0 Å². The van der Waals surface area contributed by atoms with Crippen LogP contribution in [0.3, 0.4) is 0 Å². The third-order valence-electron chi connectivity index (χ3n) is 1.58. The van der Waals surface area contributed by atoms with E-state index < -0.39 is 6.10 Å². The molecular weight excluding hydrogens is 140 g/mol. The van der Waals surface area contributed by atoms with Gasteiger partial charge in [0.1, 0.15) is 5.75 Å². The highest BCUT2D eigenvalue weighted by molar-refractivity contribution is 5.29. The summed E-state index contributed by atoms with van der Waals surface area (Å²) in [6, 6.07) is 7.41. The standard InChI is InChI=1S/C9H12O2/c1-7(10)8-4-3-5-9(6-8)11-2/h3-7,10H,1-2H3/t7-/m1/s1. The molecule has 1 aromatic carbocycles. The molecule has 0 heterocycles. The summed E-state index contributed by atoms with van der Waals surface area (Å²) >= 11 is 0. The van der Waals surface area contributed by atoms with Crippen LogP contribution in [0.2, 0.25) is 0 Å². The van der Waals surface area contributed by atoms with Gasteiger partial charge in [-0.05, 0) is 24.6 Å². The van der Waals surface area contributed by atoms with E-state index in [4.69, 9.17) is 4.74 Å². The number of methoxy groups -OCH3 is 1. The Morgan fingerprint density at radius 1 is 1.45 bits per heavy atom. The fourth-order valence-electron chi connectivity index (χ4n) is 0.901. The lowest BCUT2D eigenvalue weighted by atomic mass is 10.1. The summed E-state index contributed by atoms with van der Waals surface area (Å²) in [5.74, 6) is 0.781. The zero-order valence-electron chi connectivity index (χ0n) is 6.74. The molecule has 0 aliphatic rings. The summed E-state index contributed by atoms with van der Waals surface area (Å²) in [5, 5.41) is 9.19. The Labute approximate surface area is 66.4 Å². The van der Waals surface area contributed by atoms with Gasteiger partial charge < -0.3 is 9.84 Å². The van der Waals surface area contributed by atoms with Gasteiger partial charge in [0.2, 0.25) is 0 Å². The molecule has 0 aliphatic carbocycles. The largest absolute Gasteiger partial charge is 0.497 e. The summed E-state index contributed by atoms with van der Waals surface area (Å²) in [4.78, 5) is 0. The van der Waals surface area contributed by atoms with Crippen LogP contribution in [0.15, 0.2) is 24.3 Å². The Balaban J connectivity index is 2.91. The quantitative estimate of drug-likeness (QED) is 0.699. The molecule has 0 unspecified atom stereocenters. The fraction of sp³-hybridized carbons (Fsp3) is 0.333. The average Bonchev–Trinajstić information content (AvgIpc) is 2.05. The molecule has 2 heteroatoms. The number of rotatable bonds is 2. The van der Waals surface area contributed by atoms with Crippen molar-refractivity contribution in [2.45, 2.75) is 13.0 Å². The Bertz CT molecular complexity index is 231. The molecule has 0 amide bonds. The second-order valence-corrected chi connectivity index (χ2v) is 2.45. The lowest BCUT2D eigenvalue weighted by molar-refractivity contribution is 0.199. The SMILES string of the molecule is COc1cccc([C@@H](C)O)c1. The maximum atomic E-state index is 9.19. The molecule has 0 bridgehead atoms. The van der Waals surface area contributed by atoms with Crippen molar-refractivity contribution in [1.29, 1.82) is 0 Å². The minimum Gasteiger partial charge on any atom is -0.497 e. The van der Waals surface area contributed by atoms with E-state index in [0.717, 1.165) is 11.3 Å². The van der Waals surface area contributed by atoms with Gasteiger partial charge in [-0.25, -0.2) is 0 Å². The lowest BCUT2D eigenvalue weighted by Crippen LogP contribution is -1.91. The first-order chi connectivity index (χ1) is 5.24. The van der Waals surface area contributed by atoms with Crippen molar-refractivity contribution in [2.24, 2.45) is 0 Å². The van der Waals surface area contributed by atoms with Gasteiger partial charge in [0.25, 0.3) is 0 Å². The van der Waals surface area contributed by atoms with Crippen molar-refractivity contribution in [2.75, 3.05) is 7.11 Å². The normalized spacial score (nSPS) is 12.6. The molecule has 0 aliphatic heterocycles. The summed E-state index contributed by atoms with van der Waals surface area (Å²) in [7, 11) is 1.61. The summed E-state index contributed by atoms with van der Waals surface area (Å²) in [6.07, 6.45) is -0.426. The molecule has 1 rings (SSSR count). The van der Waals surface area contributed by atoms with Crippen LogP contribution in [0.5, 0.6) is 5.75 Å². The molecule has 0 saturated carbocycles. The highest BCUT2D eigenvalue weighted by Gasteiger charge is 2.00. The minimum absolute atomic E-state index is 0.426. The molecule has 2 nitrogen and oxygen atoms in total. The average molecular weight is 152 g/mol. The molecule has 0 fully saturated rings. The Kier molecular flexibility index (Phi) is 2.49. The second-order valence-electron chi connectivity index (χ2n) is 2.45. The Hall–Kier alpha value is -1.02. The maximum absolute atomic E-state index is 9.19. The van der Waals surface area contributed by atoms with E-state index in [9.17, 15) is 5.11 Å². The van der Waals surface area contributed by atoms with Gasteiger partial charge in [-0.2, -0.15) is 0 Å². The Morgan fingerprint density at radius 3 is 2.73 bits per heavy atom. The topological polar surface area (TPSA) is 29.5 Å². The van der Waals surface area contributed by atoms with E-state index >= 15 is 0 Å². The van der Waals surface area contributed by atoms with Crippen molar-refractivity contribution in [3.63, 3.8) is 0 Å². The predicted molar refractivity (Wildman–Crippen MR) is 43.6 cm³/mol. The Morgan fingerprint density at radius 2 is 2.18 bits per heavy atom. The van der Waals surface area contributed by atoms with Gasteiger partial charge in [-0.1, -0.05) is 12.1 Å². The first-order valence-electron chi connectivity index (χ1n) is 3.56. The molecule has 1 N–H and O–H groups in total. The van der Waals surface area contributed by atoms with Crippen molar-refractivity contribution < 1.29 is 9.84 Å².